The molecule has 0 bridgehead atoms. The summed E-state index contributed by atoms with van der Waals surface area (Å²) in [7, 11) is 0. The quantitative estimate of drug-likeness (QED) is 0.550. The van der Waals surface area contributed by atoms with Gasteiger partial charge in [0.2, 0.25) is 0 Å². The fourth-order valence-electron chi connectivity index (χ4n) is 2.71. The fraction of sp³-hybridized carbons (Fsp3) is 0.263. The minimum absolute atomic E-state index is 1.07. The van der Waals surface area contributed by atoms with Crippen LogP contribution in [0.1, 0.15) is 26.2 Å². The van der Waals surface area contributed by atoms with Gasteiger partial charge in [-0.3, -0.25) is 0 Å². The number of nitrogens with zero attached hydrogens (tertiary/aromatic N) is 1. The predicted molar refractivity (Wildman–Crippen MR) is 85.7 cm³/mol. The smallest absolute Gasteiger partial charge is 0.0572 e. The second kappa shape index (κ2) is 5.96. The molecule has 2 aromatic carbocycles. The van der Waals surface area contributed by atoms with E-state index >= 15 is 0 Å². The molecule has 0 aliphatic heterocycles. The summed E-state index contributed by atoms with van der Waals surface area (Å²) in [6.07, 6.45) is 3.76. The van der Waals surface area contributed by atoms with Crippen molar-refractivity contribution in [1.29, 1.82) is 0 Å². The summed E-state index contributed by atoms with van der Waals surface area (Å²) in [5, 5.41) is 1.21. The largest absolute Gasteiger partial charge is 0.340 e. The average Bonchev–Trinajstić information content (AvgIpc) is 2.87. The first kappa shape index (κ1) is 13.0. The van der Waals surface area contributed by atoms with E-state index < -0.39 is 0 Å². The van der Waals surface area contributed by atoms with Crippen LogP contribution in [0, 0.1) is 6.07 Å². The Morgan fingerprint density at radius 1 is 0.900 bits per heavy atom. The van der Waals surface area contributed by atoms with Crippen LogP contribution in [0.5, 0.6) is 0 Å². The van der Waals surface area contributed by atoms with Crippen LogP contribution < -0.4 is 0 Å². The number of aromatic nitrogens is 1. The summed E-state index contributed by atoms with van der Waals surface area (Å²) in [4.78, 5) is 0. The van der Waals surface area contributed by atoms with Crippen molar-refractivity contribution in [1.82, 2.24) is 4.57 Å². The zero-order chi connectivity index (χ0) is 13.8. The van der Waals surface area contributed by atoms with Crippen LogP contribution in [0.4, 0.5) is 0 Å². The molecule has 0 saturated carbocycles. The summed E-state index contributed by atoms with van der Waals surface area (Å²) in [6, 6.07) is 22.7. The topological polar surface area (TPSA) is 4.93 Å². The number of hydrogen-bond donors (Lipinski definition) is 0. The number of fused-ring (bicyclic) bond motifs is 1. The molecule has 0 fully saturated rings. The maximum atomic E-state index is 3.57. The molecule has 0 atom stereocenters. The van der Waals surface area contributed by atoms with E-state index in [0.717, 1.165) is 6.54 Å². The molecule has 0 N–H and O–H groups in total. The van der Waals surface area contributed by atoms with Crippen molar-refractivity contribution in [3.8, 4) is 11.3 Å². The predicted octanol–water partition coefficient (Wildman–Crippen LogP) is 5.30. The molecular formula is C19H20N. The van der Waals surface area contributed by atoms with Crippen LogP contribution >= 0.6 is 0 Å². The van der Waals surface area contributed by atoms with Gasteiger partial charge in [0.05, 0.1) is 5.69 Å². The van der Waals surface area contributed by atoms with Gasteiger partial charge in [-0.2, -0.15) is 0 Å². The first-order valence-electron chi connectivity index (χ1n) is 7.46. The number of aryl methyl sites for hydroxylation is 1. The standard InChI is InChI=1S/C19H20N/c1-2-3-9-14-20-18-13-8-7-12-17(18)15-19(20)16-10-5-4-6-11-16/h4-8,10-13H,2-3,9,14H2,1H3. The van der Waals surface area contributed by atoms with Crippen LogP contribution in [0.25, 0.3) is 22.2 Å². The lowest BCUT2D eigenvalue weighted by molar-refractivity contribution is 0.620. The van der Waals surface area contributed by atoms with Crippen molar-refractivity contribution in [3.63, 3.8) is 0 Å². The van der Waals surface area contributed by atoms with Gasteiger partial charge in [0.1, 0.15) is 0 Å². The lowest BCUT2D eigenvalue weighted by Crippen LogP contribution is -2.00. The number of hydrogen-bond acceptors (Lipinski definition) is 0. The van der Waals surface area contributed by atoms with Crippen molar-refractivity contribution >= 4 is 10.9 Å². The molecule has 0 amide bonds. The van der Waals surface area contributed by atoms with Crippen LogP contribution in [0.15, 0.2) is 54.6 Å². The number of benzene rings is 2. The number of unbranched alkanes of at least 4 members (excludes halogenated alkanes) is 2. The van der Waals surface area contributed by atoms with Crippen molar-refractivity contribution in [2.75, 3.05) is 0 Å². The van der Waals surface area contributed by atoms with Crippen LogP contribution in [0.2, 0.25) is 0 Å². The van der Waals surface area contributed by atoms with Gasteiger partial charge in [-0.25, -0.2) is 0 Å². The van der Waals surface area contributed by atoms with E-state index in [-0.39, 0.29) is 0 Å². The van der Waals surface area contributed by atoms with Crippen molar-refractivity contribution in [3.05, 3.63) is 60.7 Å². The molecule has 0 saturated heterocycles. The molecular weight excluding hydrogens is 242 g/mol. The van der Waals surface area contributed by atoms with Gasteiger partial charge in [-0.15, -0.1) is 0 Å². The second-order valence-corrected chi connectivity index (χ2v) is 5.22. The van der Waals surface area contributed by atoms with Gasteiger partial charge < -0.3 is 4.57 Å². The molecule has 0 aliphatic carbocycles. The molecule has 1 heterocycles. The fourth-order valence-corrected chi connectivity index (χ4v) is 2.71. The Hall–Kier alpha value is -2.02. The molecule has 3 rings (SSSR count). The Balaban J connectivity index is 2.08. The third kappa shape index (κ3) is 2.49. The van der Waals surface area contributed by atoms with E-state index in [0.29, 0.717) is 0 Å². The highest BCUT2D eigenvalue weighted by atomic mass is 15.0. The zero-order valence-electron chi connectivity index (χ0n) is 12.0. The van der Waals surface area contributed by atoms with Gasteiger partial charge in [-0.1, -0.05) is 68.3 Å². The van der Waals surface area contributed by atoms with Gasteiger partial charge in [0.15, 0.2) is 0 Å². The highest BCUT2D eigenvalue weighted by Gasteiger charge is 2.10. The van der Waals surface area contributed by atoms with Crippen molar-refractivity contribution < 1.29 is 0 Å². The maximum Gasteiger partial charge on any atom is 0.0572 e. The molecule has 0 aliphatic rings. The lowest BCUT2D eigenvalue weighted by Gasteiger charge is -2.10. The Bertz CT molecular complexity index is 679. The molecule has 0 spiro atoms. The SMILES string of the molecule is CCCCCn1c(-c2ccccc2)[c]c2ccccc21. The van der Waals surface area contributed by atoms with Gasteiger partial charge in [-0.05, 0) is 18.1 Å². The van der Waals surface area contributed by atoms with E-state index in [4.69, 9.17) is 0 Å². The van der Waals surface area contributed by atoms with Gasteiger partial charge in [0, 0.05) is 23.5 Å². The molecule has 1 nitrogen and oxygen atoms in total. The summed E-state index contributed by atoms with van der Waals surface area (Å²) >= 11 is 0. The monoisotopic (exact) mass is 262 g/mol. The minimum atomic E-state index is 1.07. The molecule has 101 valence electrons. The third-order valence-electron chi connectivity index (χ3n) is 3.75. The summed E-state index contributed by atoms with van der Waals surface area (Å²) in [5.74, 6) is 0. The second-order valence-electron chi connectivity index (χ2n) is 5.22. The van der Waals surface area contributed by atoms with E-state index in [1.54, 1.807) is 0 Å². The van der Waals surface area contributed by atoms with E-state index in [1.165, 1.54) is 41.4 Å². The Labute approximate surface area is 120 Å². The maximum absolute atomic E-state index is 3.57. The van der Waals surface area contributed by atoms with E-state index in [9.17, 15) is 0 Å². The minimum Gasteiger partial charge on any atom is -0.340 e. The molecule has 20 heavy (non-hydrogen) atoms. The highest BCUT2D eigenvalue weighted by Crippen LogP contribution is 2.27. The van der Waals surface area contributed by atoms with Crippen molar-refractivity contribution in [2.45, 2.75) is 32.7 Å². The molecule has 1 aromatic heterocycles. The van der Waals surface area contributed by atoms with Crippen molar-refractivity contribution in [2.24, 2.45) is 0 Å². The Kier molecular flexibility index (Phi) is 3.87. The number of para-hydroxylation sites is 1. The van der Waals surface area contributed by atoms with Crippen LogP contribution in [0.3, 0.4) is 0 Å². The third-order valence-corrected chi connectivity index (χ3v) is 3.75. The summed E-state index contributed by atoms with van der Waals surface area (Å²) < 4.78 is 2.42. The zero-order valence-corrected chi connectivity index (χ0v) is 12.0. The normalized spacial score (nSPS) is 11.1. The first-order valence-corrected chi connectivity index (χ1v) is 7.46. The summed E-state index contributed by atoms with van der Waals surface area (Å²) in [5.41, 5.74) is 3.76. The van der Waals surface area contributed by atoms with Gasteiger partial charge >= 0.3 is 0 Å². The Morgan fingerprint density at radius 3 is 2.45 bits per heavy atom. The average molecular weight is 262 g/mol. The van der Waals surface area contributed by atoms with Crippen LogP contribution in [-0.4, -0.2) is 4.57 Å². The molecule has 3 aromatic rings. The van der Waals surface area contributed by atoms with E-state index in [1.807, 2.05) is 0 Å². The highest BCUT2D eigenvalue weighted by molar-refractivity contribution is 5.86. The molecule has 1 heteroatoms. The first-order chi connectivity index (χ1) is 9.90. The number of rotatable bonds is 5. The van der Waals surface area contributed by atoms with E-state index in [2.05, 4.69) is 72.2 Å². The lowest BCUT2D eigenvalue weighted by atomic mass is 10.1. The summed E-state index contributed by atoms with van der Waals surface area (Å²) in [6.45, 7) is 3.32. The van der Waals surface area contributed by atoms with Gasteiger partial charge in [0.25, 0.3) is 0 Å². The molecule has 1 radical (unpaired) electrons. The van der Waals surface area contributed by atoms with Crippen LogP contribution in [-0.2, 0) is 6.54 Å². The molecule has 0 unspecified atom stereocenters. The Morgan fingerprint density at radius 2 is 1.65 bits per heavy atom.